The number of amides is 1. The summed E-state index contributed by atoms with van der Waals surface area (Å²) >= 11 is 0. The zero-order valence-corrected chi connectivity index (χ0v) is 16.9. The second-order valence-corrected chi connectivity index (χ2v) is 8.03. The second kappa shape index (κ2) is 8.88. The average molecular weight is 382 g/mol. The number of rotatable bonds is 7. The van der Waals surface area contributed by atoms with Crippen molar-refractivity contribution in [3.8, 4) is 0 Å². The number of carbonyl (C=O) groups is 1. The molecular formula is C22H31N5O. The van der Waals surface area contributed by atoms with Crippen LogP contribution in [0.5, 0.6) is 0 Å². The zero-order valence-electron chi connectivity index (χ0n) is 16.9. The van der Waals surface area contributed by atoms with Crippen molar-refractivity contribution in [3.63, 3.8) is 0 Å². The third-order valence-electron chi connectivity index (χ3n) is 5.86. The van der Waals surface area contributed by atoms with Gasteiger partial charge in [0.05, 0.1) is 17.9 Å². The summed E-state index contributed by atoms with van der Waals surface area (Å²) in [6.07, 6.45) is 3.81. The van der Waals surface area contributed by atoms with Crippen LogP contribution >= 0.6 is 0 Å². The Morgan fingerprint density at radius 2 is 1.96 bits per heavy atom. The monoisotopic (exact) mass is 381 g/mol. The topological polar surface area (TPSA) is 53.4 Å². The van der Waals surface area contributed by atoms with E-state index in [0.29, 0.717) is 19.4 Å². The highest BCUT2D eigenvalue weighted by Gasteiger charge is 2.17. The number of nitrogens with zero attached hydrogens (tertiary/aromatic N) is 4. The van der Waals surface area contributed by atoms with Crippen molar-refractivity contribution in [2.75, 3.05) is 26.7 Å². The van der Waals surface area contributed by atoms with Gasteiger partial charge in [0.15, 0.2) is 0 Å². The number of hydrogen-bond acceptors (Lipinski definition) is 4. The first-order valence-electron chi connectivity index (χ1n) is 10.5. The van der Waals surface area contributed by atoms with Crippen LogP contribution in [-0.2, 0) is 37.4 Å². The Balaban J connectivity index is 1.32. The van der Waals surface area contributed by atoms with E-state index < -0.39 is 0 Å². The van der Waals surface area contributed by atoms with Crippen LogP contribution in [0.15, 0.2) is 30.3 Å². The fourth-order valence-corrected chi connectivity index (χ4v) is 4.19. The molecule has 2 aromatic rings. The van der Waals surface area contributed by atoms with Gasteiger partial charge in [0.1, 0.15) is 0 Å². The van der Waals surface area contributed by atoms with Crippen molar-refractivity contribution in [1.82, 2.24) is 24.9 Å². The molecular weight excluding hydrogens is 350 g/mol. The van der Waals surface area contributed by atoms with E-state index in [-0.39, 0.29) is 5.91 Å². The molecule has 1 saturated heterocycles. The molecule has 1 fully saturated rings. The summed E-state index contributed by atoms with van der Waals surface area (Å²) in [6.45, 7) is 6.79. The molecule has 2 aliphatic heterocycles. The number of aryl methyl sites for hydroxylation is 1. The highest BCUT2D eigenvalue weighted by atomic mass is 16.2. The van der Waals surface area contributed by atoms with Crippen molar-refractivity contribution < 1.29 is 4.79 Å². The molecule has 1 aromatic heterocycles. The third-order valence-corrected chi connectivity index (χ3v) is 5.86. The minimum absolute atomic E-state index is 0.181. The van der Waals surface area contributed by atoms with Gasteiger partial charge in [-0.15, -0.1) is 0 Å². The van der Waals surface area contributed by atoms with Gasteiger partial charge < -0.3 is 10.2 Å². The predicted molar refractivity (Wildman–Crippen MR) is 110 cm³/mol. The Kier molecular flexibility index (Phi) is 6.07. The largest absolute Gasteiger partial charge is 0.341 e. The van der Waals surface area contributed by atoms with Gasteiger partial charge in [-0.3, -0.25) is 14.4 Å². The van der Waals surface area contributed by atoms with Gasteiger partial charge >= 0.3 is 0 Å². The van der Waals surface area contributed by atoms with E-state index >= 15 is 0 Å². The van der Waals surface area contributed by atoms with Gasteiger partial charge in [-0.05, 0) is 43.1 Å². The number of carbonyl (C=O) groups excluding carboxylic acids is 1. The maximum atomic E-state index is 12.7. The lowest BCUT2D eigenvalue weighted by atomic mass is 10.1. The lowest BCUT2D eigenvalue weighted by Crippen LogP contribution is -2.28. The number of fused-ring (bicyclic) bond motifs is 1. The van der Waals surface area contributed by atoms with Crippen LogP contribution in [0.2, 0.25) is 0 Å². The molecule has 0 atom stereocenters. The fraction of sp³-hybridized carbons (Fsp3) is 0.545. The summed E-state index contributed by atoms with van der Waals surface area (Å²) in [5, 5.41) is 7.99. The van der Waals surface area contributed by atoms with E-state index in [0.717, 1.165) is 31.9 Å². The molecule has 0 saturated carbocycles. The van der Waals surface area contributed by atoms with Crippen molar-refractivity contribution in [3.05, 3.63) is 52.8 Å². The predicted octanol–water partition coefficient (Wildman–Crippen LogP) is 2.17. The number of likely N-dealkylation sites (tertiary alicyclic amines) is 1. The molecule has 0 bridgehead atoms. The maximum absolute atomic E-state index is 12.7. The van der Waals surface area contributed by atoms with E-state index in [4.69, 9.17) is 0 Å². The van der Waals surface area contributed by atoms with E-state index in [1.165, 1.54) is 42.8 Å². The summed E-state index contributed by atoms with van der Waals surface area (Å²) in [6, 6.07) is 10.7. The summed E-state index contributed by atoms with van der Waals surface area (Å²) < 4.78 is 2.06. The lowest BCUT2D eigenvalue weighted by molar-refractivity contribution is -0.130. The van der Waals surface area contributed by atoms with Gasteiger partial charge in [0.2, 0.25) is 5.91 Å². The Labute approximate surface area is 167 Å². The third kappa shape index (κ3) is 4.62. The Bertz CT molecular complexity index is 786. The first-order chi connectivity index (χ1) is 13.7. The minimum atomic E-state index is 0.181. The number of aromatic nitrogens is 2. The lowest BCUT2D eigenvalue weighted by Gasteiger charge is -2.21. The minimum Gasteiger partial charge on any atom is -0.341 e. The first kappa shape index (κ1) is 19.2. The molecule has 1 N–H and O–H groups in total. The van der Waals surface area contributed by atoms with Gasteiger partial charge in [-0.25, -0.2) is 0 Å². The molecule has 0 radical (unpaired) electrons. The molecule has 2 aliphatic rings. The van der Waals surface area contributed by atoms with Crippen molar-refractivity contribution >= 4 is 5.91 Å². The van der Waals surface area contributed by atoms with Crippen LogP contribution in [0.3, 0.4) is 0 Å². The van der Waals surface area contributed by atoms with Gasteiger partial charge in [-0.2, -0.15) is 5.10 Å². The molecule has 0 aliphatic carbocycles. The van der Waals surface area contributed by atoms with Crippen LogP contribution in [-0.4, -0.2) is 52.2 Å². The van der Waals surface area contributed by atoms with Gasteiger partial charge in [-0.1, -0.05) is 24.3 Å². The molecule has 3 heterocycles. The van der Waals surface area contributed by atoms with E-state index in [2.05, 4.69) is 50.3 Å². The standard InChI is InChI=1S/C22H31N5O/c1-25(16-18-6-2-3-7-19(18)17-26-11-4-5-12-26)22(28)9-8-20-14-21-15-23-10-13-27(21)24-20/h2-3,6-7,14,23H,4-5,8-13,15-17H2,1H3. The van der Waals surface area contributed by atoms with E-state index in [9.17, 15) is 4.79 Å². The van der Waals surface area contributed by atoms with Crippen LogP contribution in [0.25, 0.3) is 0 Å². The van der Waals surface area contributed by atoms with Crippen molar-refractivity contribution in [2.45, 2.75) is 51.9 Å². The Morgan fingerprint density at radius 1 is 1.18 bits per heavy atom. The number of hydrogen-bond donors (Lipinski definition) is 1. The summed E-state index contributed by atoms with van der Waals surface area (Å²) in [5.74, 6) is 0.181. The first-order valence-corrected chi connectivity index (χ1v) is 10.5. The Morgan fingerprint density at radius 3 is 2.75 bits per heavy atom. The zero-order chi connectivity index (χ0) is 19.3. The molecule has 1 amide bonds. The van der Waals surface area contributed by atoms with Crippen molar-refractivity contribution in [2.24, 2.45) is 0 Å². The molecule has 6 heteroatoms. The highest BCUT2D eigenvalue weighted by Crippen LogP contribution is 2.18. The molecule has 0 spiro atoms. The molecule has 28 heavy (non-hydrogen) atoms. The normalized spacial score (nSPS) is 16.9. The van der Waals surface area contributed by atoms with E-state index in [1.807, 2.05) is 11.9 Å². The van der Waals surface area contributed by atoms with Crippen LogP contribution in [0.1, 0.15) is 41.8 Å². The molecule has 0 unspecified atom stereocenters. The molecule has 1 aromatic carbocycles. The quantitative estimate of drug-likeness (QED) is 0.799. The number of benzene rings is 1. The summed E-state index contributed by atoms with van der Waals surface area (Å²) in [7, 11) is 1.91. The number of nitrogens with one attached hydrogen (secondary N) is 1. The molecule has 6 nitrogen and oxygen atoms in total. The second-order valence-electron chi connectivity index (χ2n) is 8.03. The summed E-state index contributed by atoms with van der Waals surface area (Å²) in [5.41, 5.74) is 4.85. The van der Waals surface area contributed by atoms with Gasteiger partial charge in [0, 0.05) is 46.1 Å². The van der Waals surface area contributed by atoms with Crippen LogP contribution in [0.4, 0.5) is 0 Å². The Hall–Kier alpha value is -2.18. The molecule has 4 rings (SSSR count). The SMILES string of the molecule is CN(Cc1ccccc1CN1CCCC1)C(=O)CCc1cc2n(n1)CCNC2. The maximum Gasteiger partial charge on any atom is 0.223 e. The fourth-order valence-electron chi connectivity index (χ4n) is 4.19. The van der Waals surface area contributed by atoms with E-state index in [1.54, 1.807) is 0 Å². The highest BCUT2D eigenvalue weighted by molar-refractivity contribution is 5.76. The van der Waals surface area contributed by atoms with Crippen molar-refractivity contribution in [1.29, 1.82) is 0 Å². The van der Waals surface area contributed by atoms with Gasteiger partial charge in [0.25, 0.3) is 0 Å². The molecule has 150 valence electrons. The average Bonchev–Trinajstić information content (AvgIpc) is 3.36. The smallest absolute Gasteiger partial charge is 0.223 e. The summed E-state index contributed by atoms with van der Waals surface area (Å²) in [4.78, 5) is 17.1. The van der Waals surface area contributed by atoms with Crippen LogP contribution in [0, 0.1) is 0 Å². The van der Waals surface area contributed by atoms with Crippen LogP contribution < -0.4 is 5.32 Å².